The lowest BCUT2D eigenvalue weighted by Gasteiger charge is -2.35. The molecule has 0 N–H and O–H groups in total. The quantitative estimate of drug-likeness (QED) is 0.437. The molecule has 0 fully saturated rings. The van der Waals surface area contributed by atoms with Crippen LogP contribution in [-0.2, 0) is 30.8 Å². The van der Waals surface area contributed by atoms with E-state index in [4.69, 9.17) is 13.1 Å². The maximum atomic E-state index is 12.6. The van der Waals surface area contributed by atoms with Gasteiger partial charge >= 0.3 is 10.1 Å². The van der Waals surface area contributed by atoms with Crippen LogP contribution < -0.4 is 8.92 Å². The van der Waals surface area contributed by atoms with Crippen molar-refractivity contribution in [2.75, 3.05) is 6.61 Å². The largest absolute Gasteiger partial charge is 0.485 e. The van der Waals surface area contributed by atoms with E-state index in [1.165, 1.54) is 30.3 Å². The topological polar surface area (TPSA) is 96.0 Å². The zero-order valence-electron chi connectivity index (χ0n) is 19.1. The minimum Gasteiger partial charge on any atom is -0.485 e. The molecule has 0 radical (unpaired) electrons. The standard InChI is InChI=1S/C25H26O7S2/c1-18-4-9-22(10-5-18)33(26,27)30-17-25(3)15-14-20-16-21(8-13-24(20)31-25)32-34(28,29)23-11-6-19(2)7-12-23/h4-13,16H,14-15,17H2,1-3H3. The highest BCUT2D eigenvalue weighted by Crippen LogP contribution is 2.36. The molecule has 0 saturated heterocycles. The number of fused-ring (bicyclic) bond motifs is 1. The number of ether oxygens (including phenoxy) is 1. The van der Waals surface area contributed by atoms with Gasteiger partial charge in [0.05, 0.1) is 4.90 Å². The summed E-state index contributed by atoms with van der Waals surface area (Å²) in [5.41, 5.74) is 1.81. The highest BCUT2D eigenvalue weighted by atomic mass is 32.2. The normalized spacial score (nSPS) is 18.1. The predicted molar refractivity (Wildman–Crippen MR) is 127 cm³/mol. The summed E-state index contributed by atoms with van der Waals surface area (Å²) in [6.45, 7) is 5.38. The number of aryl methyl sites for hydroxylation is 3. The lowest BCUT2D eigenvalue weighted by atomic mass is 9.93. The summed E-state index contributed by atoms with van der Waals surface area (Å²) in [4.78, 5) is 0.168. The van der Waals surface area contributed by atoms with E-state index in [-0.39, 0.29) is 22.1 Å². The molecule has 7 nitrogen and oxygen atoms in total. The fraction of sp³-hybridized carbons (Fsp3) is 0.280. The van der Waals surface area contributed by atoms with Crippen molar-refractivity contribution in [1.82, 2.24) is 0 Å². The molecular formula is C25H26O7S2. The summed E-state index contributed by atoms with van der Waals surface area (Å²) in [6, 6.07) is 17.6. The first-order valence-corrected chi connectivity index (χ1v) is 13.6. The highest BCUT2D eigenvalue weighted by molar-refractivity contribution is 7.87. The van der Waals surface area contributed by atoms with Crippen molar-refractivity contribution in [3.63, 3.8) is 0 Å². The molecule has 0 aliphatic carbocycles. The van der Waals surface area contributed by atoms with Gasteiger partial charge in [0.25, 0.3) is 10.1 Å². The number of rotatable bonds is 7. The van der Waals surface area contributed by atoms with Gasteiger partial charge in [0.15, 0.2) is 0 Å². The van der Waals surface area contributed by atoms with Crippen molar-refractivity contribution >= 4 is 20.2 Å². The van der Waals surface area contributed by atoms with E-state index >= 15 is 0 Å². The second-order valence-corrected chi connectivity index (χ2v) is 11.9. The van der Waals surface area contributed by atoms with Gasteiger partial charge in [0.1, 0.15) is 28.6 Å². The Labute approximate surface area is 200 Å². The molecule has 0 amide bonds. The van der Waals surface area contributed by atoms with E-state index in [9.17, 15) is 16.8 Å². The molecule has 0 bridgehead atoms. The Morgan fingerprint density at radius 2 is 1.38 bits per heavy atom. The highest BCUT2D eigenvalue weighted by Gasteiger charge is 2.34. The molecule has 0 aromatic heterocycles. The van der Waals surface area contributed by atoms with Crippen LogP contribution in [0.25, 0.3) is 0 Å². The first kappa shape index (κ1) is 24.3. The summed E-state index contributed by atoms with van der Waals surface area (Å²) in [6.07, 6.45) is 1.03. The molecule has 1 unspecified atom stereocenters. The third kappa shape index (κ3) is 5.43. The number of hydrogen-bond acceptors (Lipinski definition) is 7. The molecule has 0 saturated carbocycles. The summed E-state index contributed by atoms with van der Waals surface area (Å²) < 4.78 is 66.9. The fourth-order valence-electron chi connectivity index (χ4n) is 3.57. The predicted octanol–water partition coefficient (Wildman–Crippen LogP) is 4.56. The minimum absolute atomic E-state index is 0.0755. The van der Waals surface area contributed by atoms with Gasteiger partial charge in [0, 0.05) is 0 Å². The van der Waals surface area contributed by atoms with E-state index in [1.54, 1.807) is 43.3 Å². The average Bonchev–Trinajstić information content (AvgIpc) is 2.78. The Balaban J connectivity index is 1.44. The maximum absolute atomic E-state index is 12.6. The van der Waals surface area contributed by atoms with Gasteiger partial charge in [-0.15, -0.1) is 0 Å². The molecule has 180 valence electrons. The molecule has 3 aromatic rings. The number of hydrogen-bond donors (Lipinski definition) is 0. The van der Waals surface area contributed by atoms with Crippen LogP contribution >= 0.6 is 0 Å². The van der Waals surface area contributed by atoms with Crippen molar-refractivity contribution in [2.45, 2.75) is 49.0 Å². The molecular weight excluding hydrogens is 476 g/mol. The van der Waals surface area contributed by atoms with Crippen LogP contribution in [0.4, 0.5) is 0 Å². The monoisotopic (exact) mass is 502 g/mol. The lowest BCUT2D eigenvalue weighted by molar-refractivity contribution is 0.0196. The van der Waals surface area contributed by atoms with Crippen LogP contribution in [0.1, 0.15) is 30.0 Å². The SMILES string of the molecule is Cc1ccc(S(=O)(=O)OCC2(C)CCc3cc(OS(=O)(=O)c4ccc(C)cc4)ccc3O2)cc1. The van der Waals surface area contributed by atoms with Crippen LogP contribution in [0.5, 0.6) is 11.5 Å². The zero-order valence-corrected chi connectivity index (χ0v) is 20.8. The summed E-state index contributed by atoms with van der Waals surface area (Å²) >= 11 is 0. The van der Waals surface area contributed by atoms with E-state index in [2.05, 4.69) is 0 Å². The van der Waals surface area contributed by atoms with Crippen LogP contribution in [-0.4, -0.2) is 29.0 Å². The van der Waals surface area contributed by atoms with Crippen molar-refractivity contribution in [2.24, 2.45) is 0 Å². The Bertz CT molecular complexity index is 1390. The van der Waals surface area contributed by atoms with Gasteiger partial charge in [-0.1, -0.05) is 35.4 Å². The molecule has 1 aliphatic heterocycles. The molecule has 1 atom stereocenters. The third-order valence-electron chi connectivity index (χ3n) is 5.66. The lowest BCUT2D eigenvalue weighted by Crippen LogP contribution is -2.41. The van der Waals surface area contributed by atoms with Gasteiger partial charge in [-0.3, -0.25) is 4.18 Å². The summed E-state index contributed by atoms with van der Waals surface area (Å²) in [5, 5.41) is 0. The smallest absolute Gasteiger partial charge is 0.339 e. The first-order valence-electron chi connectivity index (χ1n) is 10.8. The molecule has 3 aromatic carbocycles. The minimum atomic E-state index is -3.96. The van der Waals surface area contributed by atoms with Crippen molar-refractivity contribution in [3.8, 4) is 11.5 Å². The Kier molecular flexibility index (Phi) is 6.46. The van der Waals surface area contributed by atoms with Gasteiger partial charge < -0.3 is 8.92 Å². The van der Waals surface area contributed by atoms with Crippen LogP contribution in [0.2, 0.25) is 0 Å². The van der Waals surface area contributed by atoms with Gasteiger partial charge in [-0.05, 0) is 81.6 Å². The third-order valence-corrected chi connectivity index (χ3v) is 8.20. The molecule has 34 heavy (non-hydrogen) atoms. The summed E-state index contributed by atoms with van der Waals surface area (Å²) in [7, 11) is -7.88. The van der Waals surface area contributed by atoms with Crippen molar-refractivity contribution in [1.29, 1.82) is 0 Å². The Hall–Kier alpha value is -2.88. The van der Waals surface area contributed by atoms with Crippen LogP contribution in [0.3, 0.4) is 0 Å². The van der Waals surface area contributed by atoms with Crippen LogP contribution in [0, 0.1) is 13.8 Å². The molecule has 9 heteroatoms. The van der Waals surface area contributed by atoms with Gasteiger partial charge in [0.2, 0.25) is 0 Å². The van der Waals surface area contributed by atoms with Gasteiger partial charge in [-0.25, -0.2) is 0 Å². The average molecular weight is 503 g/mol. The Morgan fingerprint density at radius 3 is 1.97 bits per heavy atom. The van der Waals surface area contributed by atoms with E-state index in [0.29, 0.717) is 18.6 Å². The first-order chi connectivity index (χ1) is 16.0. The van der Waals surface area contributed by atoms with E-state index in [1.807, 2.05) is 13.8 Å². The molecule has 0 spiro atoms. The summed E-state index contributed by atoms with van der Waals surface area (Å²) in [5.74, 6) is 0.717. The number of benzene rings is 3. The van der Waals surface area contributed by atoms with Crippen molar-refractivity contribution < 1.29 is 29.9 Å². The zero-order chi connectivity index (χ0) is 24.6. The van der Waals surface area contributed by atoms with Crippen LogP contribution in [0.15, 0.2) is 76.5 Å². The maximum Gasteiger partial charge on any atom is 0.339 e. The Morgan fingerprint density at radius 1 is 0.824 bits per heavy atom. The molecule has 1 heterocycles. The molecule has 1 aliphatic rings. The fourth-order valence-corrected chi connectivity index (χ4v) is 5.51. The van der Waals surface area contributed by atoms with Gasteiger partial charge in [-0.2, -0.15) is 16.8 Å². The second kappa shape index (κ2) is 9.05. The van der Waals surface area contributed by atoms with Crippen molar-refractivity contribution in [3.05, 3.63) is 83.4 Å². The van der Waals surface area contributed by atoms with E-state index in [0.717, 1.165) is 16.7 Å². The molecule has 4 rings (SSSR count). The second-order valence-electron chi connectivity index (χ2n) is 8.70. The van der Waals surface area contributed by atoms with E-state index < -0.39 is 25.8 Å².